The molecule has 0 aliphatic heterocycles. The van der Waals surface area contributed by atoms with Crippen LogP contribution < -0.4 is 0 Å². The number of methoxy groups -OCH3 is 1. The molecular weight excluding hydrogens is 216 g/mol. The van der Waals surface area contributed by atoms with Crippen molar-refractivity contribution in [2.24, 2.45) is 0 Å². The molecule has 0 spiro atoms. The normalized spacial score (nSPS) is 22.9. The zero-order chi connectivity index (χ0) is 12.5. The quantitative estimate of drug-likeness (QED) is 0.800. The van der Waals surface area contributed by atoms with Crippen LogP contribution in [0.2, 0.25) is 0 Å². The lowest BCUT2D eigenvalue weighted by atomic mass is 9.69. The highest BCUT2D eigenvalue weighted by molar-refractivity contribution is 5.71. The lowest BCUT2D eigenvalue weighted by molar-refractivity contribution is -0.142. The first-order valence-corrected chi connectivity index (χ1v) is 5.94. The number of hydrogen-bond donors (Lipinski definition) is 1. The summed E-state index contributed by atoms with van der Waals surface area (Å²) < 4.78 is 4.76. The van der Waals surface area contributed by atoms with Crippen molar-refractivity contribution in [3.05, 3.63) is 29.3 Å². The number of carbonyl (C=O) groups is 1. The van der Waals surface area contributed by atoms with Crippen molar-refractivity contribution < 1.29 is 14.6 Å². The van der Waals surface area contributed by atoms with Gasteiger partial charge in [0.2, 0.25) is 0 Å². The van der Waals surface area contributed by atoms with Gasteiger partial charge in [0.15, 0.2) is 0 Å². The molecule has 0 saturated heterocycles. The van der Waals surface area contributed by atoms with Crippen LogP contribution in [0.1, 0.15) is 37.3 Å². The van der Waals surface area contributed by atoms with Crippen LogP contribution in [0.15, 0.2) is 18.2 Å². The van der Waals surface area contributed by atoms with Gasteiger partial charge in [0.25, 0.3) is 0 Å². The third-order valence-electron chi connectivity index (χ3n) is 3.68. The summed E-state index contributed by atoms with van der Waals surface area (Å²) in [5, 5.41) is 9.60. The highest BCUT2D eigenvalue weighted by Gasteiger charge is 2.34. The van der Waals surface area contributed by atoms with E-state index in [1.54, 1.807) is 12.1 Å². The number of aromatic hydroxyl groups is 1. The average Bonchev–Trinajstić information content (AvgIpc) is 2.30. The second-order valence-corrected chi connectivity index (χ2v) is 5.01. The molecule has 1 N–H and O–H groups in total. The van der Waals surface area contributed by atoms with E-state index in [-0.39, 0.29) is 17.1 Å². The van der Waals surface area contributed by atoms with Gasteiger partial charge in [-0.15, -0.1) is 0 Å². The number of ether oxygens (including phenoxy) is 1. The van der Waals surface area contributed by atoms with E-state index in [0.717, 1.165) is 24.8 Å². The SMILES string of the molecule is COC(=O)C[C@]1(C)CCCc2ccc(O)cc21. The zero-order valence-electron chi connectivity index (χ0n) is 10.3. The average molecular weight is 234 g/mol. The van der Waals surface area contributed by atoms with E-state index in [4.69, 9.17) is 4.74 Å². The van der Waals surface area contributed by atoms with Gasteiger partial charge in [-0.25, -0.2) is 0 Å². The summed E-state index contributed by atoms with van der Waals surface area (Å²) in [7, 11) is 1.41. The number of carbonyl (C=O) groups excluding carboxylic acids is 1. The number of aryl methyl sites for hydroxylation is 1. The maximum absolute atomic E-state index is 11.5. The number of rotatable bonds is 2. The first-order chi connectivity index (χ1) is 8.05. The first kappa shape index (κ1) is 12.0. The van der Waals surface area contributed by atoms with E-state index < -0.39 is 0 Å². The molecule has 0 bridgehead atoms. The van der Waals surface area contributed by atoms with E-state index in [2.05, 4.69) is 6.92 Å². The monoisotopic (exact) mass is 234 g/mol. The molecule has 0 amide bonds. The molecule has 1 aromatic rings. The van der Waals surface area contributed by atoms with Gasteiger partial charge in [0.05, 0.1) is 13.5 Å². The largest absolute Gasteiger partial charge is 0.508 e. The van der Waals surface area contributed by atoms with E-state index >= 15 is 0 Å². The Balaban J connectivity index is 2.38. The van der Waals surface area contributed by atoms with Crippen LogP contribution in [0.4, 0.5) is 0 Å². The van der Waals surface area contributed by atoms with Gasteiger partial charge in [0, 0.05) is 5.41 Å². The molecule has 3 nitrogen and oxygen atoms in total. The van der Waals surface area contributed by atoms with E-state index in [1.807, 2.05) is 6.07 Å². The summed E-state index contributed by atoms with van der Waals surface area (Å²) in [5.41, 5.74) is 2.12. The molecule has 0 saturated carbocycles. The molecule has 0 aromatic heterocycles. The van der Waals surface area contributed by atoms with Gasteiger partial charge in [0.1, 0.15) is 5.75 Å². The van der Waals surface area contributed by atoms with Gasteiger partial charge >= 0.3 is 5.97 Å². The summed E-state index contributed by atoms with van der Waals surface area (Å²) in [6, 6.07) is 5.46. The topological polar surface area (TPSA) is 46.5 Å². The van der Waals surface area contributed by atoms with Crippen molar-refractivity contribution in [1.82, 2.24) is 0 Å². The number of phenols is 1. The van der Waals surface area contributed by atoms with Crippen molar-refractivity contribution in [2.45, 2.75) is 38.0 Å². The third-order valence-corrected chi connectivity index (χ3v) is 3.68. The Morgan fingerprint density at radius 1 is 1.53 bits per heavy atom. The number of esters is 1. The van der Waals surface area contributed by atoms with Crippen LogP contribution in [0, 0.1) is 0 Å². The molecular formula is C14H18O3. The Morgan fingerprint density at radius 3 is 3.00 bits per heavy atom. The van der Waals surface area contributed by atoms with E-state index in [1.165, 1.54) is 12.7 Å². The molecule has 1 aliphatic rings. The van der Waals surface area contributed by atoms with Crippen molar-refractivity contribution in [2.75, 3.05) is 7.11 Å². The number of fused-ring (bicyclic) bond motifs is 1. The second-order valence-electron chi connectivity index (χ2n) is 5.01. The van der Waals surface area contributed by atoms with Crippen LogP contribution in [0.3, 0.4) is 0 Å². The Labute approximate surface area is 101 Å². The van der Waals surface area contributed by atoms with Gasteiger partial charge in [-0.1, -0.05) is 13.0 Å². The molecule has 0 unspecified atom stereocenters. The van der Waals surface area contributed by atoms with Crippen molar-refractivity contribution in [1.29, 1.82) is 0 Å². The minimum Gasteiger partial charge on any atom is -0.508 e. The van der Waals surface area contributed by atoms with Crippen molar-refractivity contribution >= 4 is 5.97 Å². The molecule has 0 fully saturated rings. The molecule has 3 heteroatoms. The van der Waals surface area contributed by atoms with Crippen molar-refractivity contribution in [3.63, 3.8) is 0 Å². The zero-order valence-corrected chi connectivity index (χ0v) is 10.3. The summed E-state index contributed by atoms with van der Waals surface area (Å²) in [6.07, 6.45) is 3.43. The molecule has 92 valence electrons. The van der Waals surface area contributed by atoms with Crippen LogP contribution in [0.5, 0.6) is 5.75 Å². The molecule has 1 atom stereocenters. The highest BCUT2D eigenvalue weighted by Crippen LogP contribution is 2.41. The Kier molecular flexibility index (Phi) is 3.09. The van der Waals surface area contributed by atoms with Crippen LogP contribution in [0.25, 0.3) is 0 Å². The number of hydrogen-bond acceptors (Lipinski definition) is 3. The third kappa shape index (κ3) is 2.28. The van der Waals surface area contributed by atoms with E-state index in [9.17, 15) is 9.90 Å². The van der Waals surface area contributed by atoms with E-state index in [0.29, 0.717) is 6.42 Å². The fraction of sp³-hybridized carbons (Fsp3) is 0.500. The lowest BCUT2D eigenvalue weighted by Gasteiger charge is -2.35. The van der Waals surface area contributed by atoms with Gasteiger partial charge in [-0.3, -0.25) is 4.79 Å². The van der Waals surface area contributed by atoms with Crippen LogP contribution in [-0.4, -0.2) is 18.2 Å². The van der Waals surface area contributed by atoms with Gasteiger partial charge < -0.3 is 9.84 Å². The molecule has 2 rings (SSSR count). The summed E-state index contributed by atoms with van der Waals surface area (Å²) in [6.45, 7) is 2.07. The molecule has 1 aliphatic carbocycles. The smallest absolute Gasteiger partial charge is 0.306 e. The lowest BCUT2D eigenvalue weighted by Crippen LogP contribution is -2.30. The number of benzene rings is 1. The fourth-order valence-corrected chi connectivity index (χ4v) is 2.72. The number of phenolic OH excluding ortho intramolecular Hbond substituents is 1. The predicted octanol–water partition coefficient (Wildman–Crippen LogP) is 2.55. The maximum atomic E-state index is 11.5. The minimum absolute atomic E-state index is 0.191. The first-order valence-electron chi connectivity index (χ1n) is 5.94. The summed E-state index contributed by atoms with van der Waals surface area (Å²) in [5.74, 6) is 0.0745. The standard InChI is InChI=1S/C14H18O3/c1-14(9-13(16)17-2)7-3-4-10-5-6-11(15)8-12(10)14/h5-6,8,15H,3-4,7,9H2,1-2H3/t14-/m0/s1. The van der Waals surface area contributed by atoms with Crippen LogP contribution in [-0.2, 0) is 21.4 Å². The molecule has 0 radical (unpaired) electrons. The van der Waals surface area contributed by atoms with Crippen molar-refractivity contribution in [3.8, 4) is 5.75 Å². The van der Waals surface area contributed by atoms with Gasteiger partial charge in [-0.05, 0) is 42.5 Å². The minimum atomic E-state index is -0.209. The predicted molar refractivity (Wildman–Crippen MR) is 65.0 cm³/mol. The highest BCUT2D eigenvalue weighted by atomic mass is 16.5. The van der Waals surface area contributed by atoms with Crippen LogP contribution >= 0.6 is 0 Å². The molecule has 1 aromatic carbocycles. The Bertz CT molecular complexity index is 439. The fourth-order valence-electron chi connectivity index (χ4n) is 2.72. The van der Waals surface area contributed by atoms with Gasteiger partial charge in [-0.2, -0.15) is 0 Å². The Hall–Kier alpha value is -1.51. The summed E-state index contributed by atoms with van der Waals surface area (Å²) >= 11 is 0. The maximum Gasteiger partial charge on any atom is 0.306 e. The molecule has 0 heterocycles. The molecule has 17 heavy (non-hydrogen) atoms. The Morgan fingerprint density at radius 2 is 2.29 bits per heavy atom. The summed E-state index contributed by atoms with van der Waals surface area (Å²) in [4.78, 5) is 11.5. The second kappa shape index (κ2) is 4.40.